The zero-order valence-corrected chi connectivity index (χ0v) is 9.32. The van der Waals surface area contributed by atoms with Crippen molar-refractivity contribution >= 4 is 11.9 Å². The van der Waals surface area contributed by atoms with Crippen LogP contribution in [-0.2, 0) is 0 Å². The summed E-state index contributed by atoms with van der Waals surface area (Å²) in [4.78, 5) is 10.8. The molecule has 0 fully saturated rings. The molecule has 3 rings (SSSR count). The van der Waals surface area contributed by atoms with Crippen LogP contribution in [0.4, 0.5) is 0 Å². The molecule has 0 atom stereocenters. The lowest BCUT2D eigenvalue weighted by Crippen LogP contribution is -1.92. The first-order valence-electron chi connectivity index (χ1n) is 5.38. The highest BCUT2D eigenvalue weighted by atomic mass is 16.3. The molecule has 3 aromatic rings. The van der Waals surface area contributed by atoms with Gasteiger partial charge in [0.05, 0.1) is 5.56 Å². The molecule has 0 saturated heterocycles. The van der Waals surface area contributed by atoms with Crippen LogP contribution in [0.25, 0.3) is 17.0 Å². The van der Waals surface area contributed by atoms with Crippen LogP contribution < -0.4 is 0 Å². The number of hydrogen-bond acceptors (Lipinski definition) is 4. The van der Waals surface area contributed by atoms with Gasteiger partial charge in [-0.05, 0) is 24.3 Å². The van der Waals surface area contributed by atoms with E-state index >= 15 is 0 Å². The number of rotatable bonds is 2. The first kappa shape index (κ1) is 10.5. The Kier molecular flexibility index (Phi) is 2.30. The molecule has 88 valence electrons. The third-order valence-electron chi connectivity index (χ3n) is 2.71. The van der Waals surface area contributed by atoms with Crippen molar-refractivity contribution in [2.75, 3.05) is 0 Å². The zero-order valence-electron chi connectivity index (χ0n) is 9.32. The second kappa shape index (κ2) is 3.96. The van der Waals surface area contributed by atoms with E-state index in [1.165, 1.54) is 0 Å². The lowest BCUT2D eigenvalue weighted by atomic mass is 10.2. The van der Waals surface area contributed by atoms with E-state index in [0.29, 0.717) is 22.6 Å². The van der Waals surface area contributed by atoms with Crippen LogP contribution >= 0.6 is 0 Å². The zero-order chi connectivity index (χ0) is 12.5. The first-order chi connectivity index (χ1) is 8.79. The van der Waals surface area contributed by atoms with Crippen LogP contribution in [0.1, 0.15) is 10.4 Å². The van der Waals surface area contributed by atoms with Gasteiger partial charge in [-0.15, -0.1) is 10.2 Å². The lowest BCUT2D eigenvalue weighted by Gasteiger charge is -2.02. The molecule has 1 N–H and O–H groups in total. The molecule has 2 aromatic heterocycles. The molecule has 2 heterocycles. The number of carbonyl (C=O) groups is 1. The maximum atomic E-state index is 10.8. The van der Waals surface area contributed by atoms with Gasteiger partial charge in [0.2, 0.25) is 0 Å². The third kappa shape index (κ3) is 1.53. The molecule has 0 amide bonds. The van der Waals surface area contributed by atoms with Gasteiger partial charge in [-0.25, -0.2) is 0 Å². The second-order valence-corrected chi connectivity index (χ2v) is 3.85. The topological polar surface area (TPSA) is 67.5 Å². The van der Waals surface area contributed by atoms with E-state index in [4.69, 9.17) is 0 Å². The van der Waals surface area contributed by atoms with Crippen molar-refractivity contribution in [2.24, 2.45) is 0 Å². The quantitative estimate of drug-likeness (QED) is 0.694. The Bertz CT molecular complexity index is 734. The van der Waals surface area contributed by atoms with Gasteiger partial charge >= 0.3 is 0 Å². The number of aldehydes is 1. The van der Waals surface area contributed by atoms with Crippen molar-refractivity contribution in [3.05, 3.63) is 48.2 Å². The van der Waals surface area contributed by atoms with Crippen LogP contribution in [0.2, 0.25) is 0 Å². The highest BCUT2D eigenvalue weighted by Gasteiger charge is 2.11. The van der Waals surface area contributed by atoms with E-state index in [2.05, 4.69) is 10.2 Å². The largest absolute Gasteiger partial charge is 0.507 e. The molecule has 0 aliphatic heterocycles. The van der Waals surface area contributed by atoms with Crippen LogP contribution in [0.3, 0.4) is 0 Å². The molecule has 0 spiro atoms. The number of aromatic hydroxyl groups is 1. The van der Waals surface area contributed by atoms with E-state index in [1.807, 2.05) is 0 Å². The molecule has 0 aliphatic carbocycles. The average molecular weight is 239 g/mol. The standard InChI is InChI=1S/C13H9N3O2/c17-8-9-5-6-12-14-15-13(16(12)7-9)10-3-1-2-4-11(10)18/h1-8,18H. The summed E-state index contributed by atoms with van der Waals surface area (Å²) < 4.78 is 1.68. The molecule has 5 nitrogen and oxygen atoms in total. The number of carbonyl (C=O) groups excluding carboxylic acids is 1. The van der Waals surface area contributed by atoms with E-state index < -0.39 is 0 Å². The van der Waals surface area contributed by atoms with Crippen LogP contribution in [0.5, 0.6) is 5.75 Å². The molecule has 5 heteroatoms. The average Bonchev–Trinajstić information content (AvgIpc) is 2.82. The Hall–Kier alpha value is -2.69. The van der Waals surface area contributed by atoms with Gasteiger partial charge in [0.15, 0.2) is 17.8 Å². The molecule has 0 unspecified atom stereocenters. The number of fused-ring (bicyclic) bond motifs is 1. The van der Waals surface area contributed by atoms with Crippen molar-refractivity contribution in [1.29, 1.82) is 0 Å². The number of hydrogen-bond donors (Lipinski definition) is 1. The minimum atomic E-state index is 0.128. The van der Waals surface area contributed by atoms with Gasteiger partial charge in [0.25, 0.3) is 0 Å². The normalized spacial score (nSPS) is 10.7. The maximum Gasteiger partial charge on any atom is 0.172 e. The number of nitrogens with zero attached hydrogens (tertiary/aromatic N) is 3. The summed E-state index contributed by atoms with van der Waals surface area (Å²) in [5.74, 6) is 0.634. The number of pyridine rings is 1. The summed E-state index contributed by atoms with van der Waals surface area (Å²) in [6.45, 7) is 0. The van der Waals surface area contributed by atoms with Crippen LogP contribution in [0, 0.1) is 0 Å². The smallest absolute Gasteiger partial charge is 0.172 e. The maximum absolute atomic E-state index is 10.8. The lowest BCUT2D eigenvalue weighted by molar-refractivity contribution is 0.112. The first-order valence-corrected chi connectivity index (χ1v) is 5.38. The predicted molar refractivity (Wildman–Crippen MR) is 65.5 cm³/mol. The number of phenols is 1. The summed E-state index contributed by atoms with van der Waals surface area (Å²) in [6, 6.07) is 10.3. The summed E-state index contributed by atoms with van der Waals surface area (Å²) in [5.41, 5.74) is 1.73. The summed E-state index contributed by atoms with van der Waals surface area (Å²) in [5, 5.41) is 17.9. The number of para-hydroxylation sites is 1. The van der Waals surface area contributed by atoms with Crippen molar-refractivity contribution in [3.8, 4) is 17.1 Å². The molecular weight excluding hydrogens is 230 g/mol. The highest BCUT2D eigenvalue weighted by molar-refractivity contribution is 5.76. The van der Waals surface area contributed by atoms with Crippen LogP contribution in [0.15, 0.2) is 42.6 Å². The fraction of sp³-hybridized carbons (Fsp3) is 0. The van der Waals surface area contributed by atoms with Gasteiger partial charge < -0.3 is 5.11 Å². The number of aromatic nitrogens is 3. The molecule has 18 heavy (non-hydrogen) atoms. The number of phenolic OH excluding ortho intramolecular Hbond substituents is 1. The van der Waals surface area contributed by atoms with Crippen molar-refractivity contribution in [1.82, 2.24) is 14.6 Å². The fourth-order valence-corrected chi connectivity index (χ4v) is 1.82. The Morgan fingerprint density at radius 1 is 1.11 bits per heavy atom. The fourth-order valence-electron chi connectivity index (χ4n) is 1.82. The van der Waals surface area contributed by atoms with Crippen molar-refractivity contribution in [2.45, 2.75) is 0 Å². The van der Waals surface area contributed by atoms with Gasteiger partial charge in [-0.2, -0.15) is 0 Å². The Morgan fingerprint density at radius 2 is 1.94 bits per heavy atom. The third-order valence-corrected chi connectivity index (χ3v) is 2.71. The minimum Gasteiger partial charge on any atom is -0.507 e. The molecule has 0 saturated carbocycles. The van der Waals surface area contributed by atoms with Gasteiger partial charge in [-0.1, -0.05) is 12.1 Å². The second-order valence-electron chi connectivity index (χ2n) is 3.85. The molecule has 0 radical (unpaired) electrons. The highest BCUT2D eigenvalue weighted by Crippen LogP contribution is 2.27. The molecular formula is C13H9N3O2. The van der Waals surface area contributed by atoms with Gasteiger partial charge in [0.1, 0.15) is 5.75 Å². The summed E-state index contributed by atoms with van der Waals surface area (Å²) in [7, 11) is 0. The SMILES string of the molecule is O=Cc1ccc2nnc(-c3ccccc3O)n2c1. The molecule has 0 aliphatic rings. The Morgan fingerprint density at radius 3 is 2.72 bits per heavy atom. The van der Waals surface area contributed by atoms with E-state index in [-0.39, 0.29) is 5.75 Å². The Labute approximate surface area is 102 Å². The monoisotopic (exact) mass is 239 g/mol. The van der Waals surface area contributed by atoms with Crippen molar-refractivity contribution < 1.29 is 9.90 Å². The molecule has 0 bridgehead atoms. The minimum absolute atomic E-state index is 0.128. The van der Waals surface area contributed by atoms with E-state index in [9.17, 15) is 9.90 Å². The predicted octanol–water partition coefficient (Wildman–Crippen LogP) is 1.91. The van der Waals surface area contributed by atoms with Crippen molar-refractivity contribution in [3.63, 3.8) is 0 Å². The summed E-state index contributed by atoms with van der Waals surface area (Å²) >= 11 is 0. The molecule has 1 aromatic carbocycles. The number of benzene rings is 1. The van der Waals surface area contributed by atoms with E-state index in [1.54, 1.807) is 47.0 Å². The van der Waals surface area contributed by atoms with Gasteiger partial charge in [-0.3, -0.25) is 9.20 Å². The summed E-state index contributed by atoms with van der Waals surface area (Å²) in [6.07, 6.45) is 2.40. The van der Waals surface area contributed by atoms with E-state index in [0.717, 1.165) is 6.29 Å². The van der Waals surface area contributed by atoms with Crippen LogP contribution in [-0.4, -0.2) is 26.0 Å². The van der Waals surface area contributed by atoms with Gasteiger partial charge in [0, 0.05) is 11.8 Å². The Balaban J connectivity index is 2.29.